The molecular formula is C25H25FN2O3. The van der Waals surface area contributed by atoms with Gasteiger partial charge in [-0.15, -0.1) is 0 Å². The van der Waals surface area contributed by atoms with Crippen molar-refractivity contribution in [2.45, 2.75) is 56.8 Å². The zero-order valence-corrected chi connectivity index (χ0v) is 17.2. The third-order valence-electron chi connectivity index (χ3n) is 6.47. The zero-order chi connectivity index (χ0) is 21.4. The number of rotatable bonds is 5. The molecule has 2 aliphatic rings. The first-order chi connectivity index (χ1) is 15.1. The van der Waals surface area contributed by atoms with Gasteiger partial charge in [-0.2, -0.15) is 0 Å². The maximum Gasteiger partial charge on any atom is 0.338 e. The Bertz CT molecular complexity index is 1090. The number of aliphatic hydroxyl groups excluding tert-OH is 1. The minimum Gasteiger partial charge on any atom is -0.459 e. The van der Waals surface area contributed by atoms with Crippen molar-refractivity contribution in [1.82, 2.24) is 9.55 Å². The molecular weight excluding hydrogens is 395 g/mol. The Kier molecular flexibility index (Phi) is 5.32. The molecule has 1 saturated carbocycles. The highest BCUT2D eigenvalue weighted by atomic mass is 19.1. The van der Waals surface area contributed by atoms with Crippen molar-refractivity contribution in [2.24, 2.45) is 0 Å². The van der Waals surface area contributed by atoms with Gasteiger partial charge in [0.25, 0.3) is 0 Å². The number of carbonyl (C=O) groups is 1. The summed E-state index contributed by atoms with van der Waals surface area (Å²) in [6, 6.07) is 11.6. The topological polar surface area (TPSA) is 64.3 Å². The maximum atomic E-state index is 14.6. The molecule has 1 aliphatic carbocycles. The van der Waals surface area contributed by atoms with E-state index in [1.165, 1.54) is 12.5 Å². The molecule has 3 aromatic rings. The van der Waals surface area contributed by atoms with Crippen molar-refractivity contribution in [3.63, 3.8) is 0 Å². The van der Waals surface area contributed by atoms with E-state index in [9.17, 15) is 14.3 Å². The van der Waals surface area contributed by atoms with E-state index in [4.69, 9.17) is 4.74 Å². The van der Waals surface area contributed by atoms with Crippen LogP contribution in [-0.4, -0.2) is 26.7 Å². The average molecular weight is 420 g/mol. The van der Waals surface area contributed by atoms with E-state index in [1.54, 1.807) is 42.9 Å². The predicted molar refractivity (Wildman–Crippen MR) is 114 cm³/mol. The Morgan fingerprint density at radius 1 is 1.16 bits per heavy atom. The number of carbonyl (C=O) groups excluding carboxylic acids is 1. The van der Waals surface area contributed by atoms with E-state index < -0.39 is 6.10 Å². The van der Waals surface area contributed by atoms with Crippen LogP contribution < -0.4 is 0 Å². The van der Waals surface area contributed by atoms with Crippen molar-refractivity contribution < 1.29 is 19.0 Å². The quantitative estimate of drug-likeness (QED) is 0.576. The van der Waals surface area contributed by atoms with Crippen LogP contribution in [0.15, 0.2) is 55.0 Å². The summed E-state index contributed by atoms with van der Waals surface area (Å²) in [5.74, 6) is -0.595. The molecule has 5 rings (SSSR count). The summed E-state index contributed by atoms with van der Waals surface area (Å²) in [7, 11) is 0. The van der Waals surface area contributed by atoms with Gasteiger partial charge in [-0.1, -0.05) is 30.7 Å². The normalized spacial score (nSPS) is 19.0. The summed E-state index contributed by atoms with van der Waals surface area (Å²) < 4.78 is 22.1. The molecule has 0 spiro atoms. The molecule has 6 heteroatoms. The number of ether oxygens (including phenoxy) is 1. The number of nitrogens with zero attached hydrogens (tertiary/aromatic N) is 2. The SMILES string of the molecule is O=C(OC1CCCCC1)c1ccc([C@H](O)CC2c3c(F)cccc3-c3cncn32)cc1. The molecule has 5 nitrogen and oxygen atoms in total. The summed E-state index contributed by atoms with van der Waals surface area (Å²) in [6.07, 6.45) is 8.17. The van der Waals surface area contributed by atoms with E-state index in [0.29, 0.717) is 23.1 Å². The van der Waals surface area contributed by atoms with Crippen LogP contribution in [-0.2, 0) is 4.74 Å². The molecule has 2 aromatic carbocycles. The molecule has 1 unspecified atom stereocenters. The molecule has 1 aromatic heterocycles. The molecule has 0 amide bonds. The second-order valence-electron chi connectivity index (χ2n) is 8.44. The molecule has 0 saturated heterocycles. The van der Waals surface area contributed by atoms with Gasteiger partial charge in [0.2, 0.25) is 0 Å². The van der Waals surface area contributed by atoms with Crippen LogP contribution in [0, 0.1) is 5.82 Å². The molecule has 1 aliphatic heterocycles. The van der Waals surface area contributed by atoms with Crippen LogP contribution in [0.3, 0.4) is 0 Å². The number of hydrogen-bond acceptors (Lipinski definition) is 4. The van der Waals surface area contributed by atoms with Crippen molar-refractivity contribution in [3.8, 4) is 11.3 Å². The van der Waals surface area contributed by atoms with Gasteiger partial charge in [0.1, 0.15) is 11.9 Å². The molecule has 0 bridgehead atoms. The first kappa shape index (κ1) is 19.9. The van der Waals surface area contributed by atoms with E-state index >= 15 is 0 Å². The third-order valence-corrected chi connectivity index (χ3v) is 6.47. The molecule has 2 atom stereocenters. The molecule has 31 heavy (non-hydrogen) atoms. The zero-order valence-electron chi connectivity index (χ0n) is 17.2. The lowest BCUT2D eigenvalue weighted by molar-refractivity contribution is 0.0211. The fourth-order valence-corrected chi connectivity index (χ4v) is 4.82. The number of esters is 1. The Hall–Kier alpha value is -2.99. The number of aromatic nitrogens is 2. The number of aliphatic hydroxyl groups is 1. The summed E-state index contributed by atoms with van der Waals surface area (Å²) in [6.45, 7) is 0. The van der Waals surface area contributed by atoms with Gasteiger partial charge in [0.15, 0.2) is 0 Å². The number of imidazole rings is 1. The van der Waals surface area contributed by atoms with Crippen LogP contribution in [0.25, 0.3) is 11.3 Å². The monoisotopic (exact) mass is 420 g/mol. The van der Waals surface area contributed by atoms with Crippen LogP contribution >= 0.6 is 0 Å². The van der Waals surface area contributed by atoms with Crippen molar-refractivity contribution >= 4 is 5.97 Å². The van der Waals surface area contributed by atoms with Gasteiger partial charge < -0.3 is 14.4 Å². The van der Waals surface area contributed by atoms with Crippen molar-refractivity contribution in [2.75, 3.05) is 0 Å². The highest BCUT2D eigenvalue weighted by Gasteiger charge is 2.33. The minimum absolute atomic E-state index is 0.00761. The summed E-state index contributed by atoms with van der Waals surface area (Å²) in [4.78, 5) is 16.6. The summed E-state index contributed by atoms with van der Waals surface area (Å²) in [5.41, 5.74) is 3.42. The Balaban J connectivity index is 1.30. The van der Waals surface area contributed by atoms with Gasteiger partial charge in [0.05, 0.1) is 35.9 Å². The van der Waals surface area contributed by atoms with E-state index in [-0.39, 0.29) is 23.9 Å². The van der Waals surface area contributed by atoms with Gasteiger partial charge in [-0.25, -0.2) is 14.2 Å². The molecule has 0 radical (unpaired) electrons. The maximum absolute atomic E-state index is 14.6. The number of fused-ring (bicyclic) bond motifs is 3. The molecule has 160 valence electrons. The smallest absolute Gasteiger partial charge is 0.338 e. The number of halogens is 1. The van der Waals surface area contributed by atoms with Crippen LogP contribution in [0.1, 0.15) is 72.2 Å². The lowest BCUT2D eigenvalue weighted by Gasteiger charge is -2.22. The second kappa shape index (κ2) is 8.27. The predicted octanol–water partition coefficient (Wildman–Crippen LogP) is 5.21. The van der Waals surface area contributed by atoms with Gasteiger partial charge >= 0.3 is 5.97 Å². The Morgan fingerprint density at radius 3 is 2.71 bits per heavy atom. The van der Waals surface area contributed by atoms with Gasteiger partial charge in [0, 0.05) is 17.5 Å². The average Bonchev–Trinajstić information content (AvgIpc) is 3.38. The first-order valence-electron chi connectivity index (χ1n) is 10.9. The van der Waals surface area contributed by atoms with Crippen molar-refractivity contribution in [3.05, 3.63) is 77.5 Å². The fraction of sp³-hybridized carbons (Fsp3) is 0.360. The lowest BCUT2D eigenvalue weighted by Crippen LogP contribution is -2.20. The molecule has 1 N–H and O–H groups in total. The molecule has 2 heterocycles. The Labute approximate surface area is 180 Å². The molecule has 1 fully saturated rings. The highest BCUT2D eigenvalue weighted by Crippen LogP contribution is 2.44. The van der Waals surface area contributed by atoms with Crippen LogP contribution in [0.2, 0.25) is 0 Å². The number of hydrogen-bond donors (Lipinski definition) is 1. The lowest BCUT2D eigenvalue weighted by atomic mass is 9.95. The van der Waals surface area contributed by atoms with E-state index in [2.05, 4.69) is 4.98 Å². The summed E-state index contributed by atoms with van der Waals surface area (Å²) >= 11 is 0. The third kappa shape index (κ3) is 3.76. The van der Waals surface area contributed by atoms with Crippen LogP contribution in [0.4, 0.5) is 4.39 Å². The second-order valence-corrected chi connectivity index (χ2v) is 8.44. The first-order valence-corrected chi connectivity index (χ1v) is 10.9. The number of benzene rings is 2. The Morgan fingerprint density at radius 2 is 1.94 bits per heavy atom. The van der Waals surface area contributed by atoms with E-state index in [1.807, 2.05) is 10.6 Å². The van der Waals surface area contributed by atoms with Gasteiger partial charge in [-0.05, 0) is 49.4 Å². The van der Waals surface area contributed by atoms with E-state index in [0.717, 1.165) is 36.9 Å². The van der Waals surface area contributed by atoms with Crippen molar-refractivity contribution in [1.29, 1.82) is 0 Å². The minimum atomic E-state index is -0.811. The highest BCUT2D eigenvalue weighted by molar-refractivity contribution is 5.89. The summed E-state index contributed by atoms with van der Waals surface area (Å²) in [5, 5.41) is 10.9. The standard InChI is InChI=1S/C25H25FN2O3/c26-20-8-4-7-19-22-14-27-15-28(22)21(24(19)20)13-23(29)16-9-11-17(12-10-16)25(30)31-18-5-2-1-3-6-18/h4,7-12,14-15,18,21,23,29H,1-3,5-6,13H2/t21?,23-/m1/s1. The largest absolute Gasteiger partial charge is 0.459 e. The van der Waals surface area contributed by atoms with Gasteiger partial charge in [-0.3, -0.25) is 0 Å². The fourth-order valence-electron chi connectivity index (χ4n) is 4.82. The van der Waals surface area contributed by atoms with Crippen LogP contribution in [0.5, 0.6) is 0 Å².